The summed E-state index contributed by atoms with van der Waals surface area (Å²) in [4.78, 5) is 24.6. The number of aromatic nitrogens is 2. The van der Waals surface area contributed by atoms with Gasteiger partial charge in [-0.3, -0.25) is 9.78 Å². The molecule has 10 heteroatoms. The number of hydrogen-bond acceptors (Lipinski definition) is 8. The fourth-order valence-electron chi connectivity index (χ4n) is 4.70. The van der Waals surface area contributed by atoms with E-state index in [4.69, 9.17) is 11.5 Å². The second-order valence-electron chi connectivity index (χ2n) is 10.9. The van der Waals surface area contributed by atoms with Crippen LogP contribution < -0.4 is 21.1 Å². The van der Waals surface area contributed by atoms with Crippen LogP contribution in [0.25, 0.3) is 11.3 Å². The van der Waals surface area contributed by atoms with Crippen molar-refractivity contribution in [2.45, 2.75) is 63.4 Å². The molecule has 1 saturated heterocycles. The highest BCUT2D eigenvalue weighted by molar-refractivity contribution is 7.89. The van der Waals surface area contributed by atoms with Gasteiger partial charge in [0.25, 0.3) is 0 Å². The Hall–Kier alpha value is -3.34. The molecular formula is C28H36N6O3S. The van der Waals surface area contributed by atoms with Crippen LogP contribution in [0.1, 0.15) is 55.2 Å². The number of carbonyl (C=O) groups excluding carboxylic acids is 1. The molecule has 0 aliphatic carbocycles. The lowest BCUT2D eigenvalue weighted by atomic mass is 10.0. The first-order valence-corrected chi connectivity index (χ1v) is 14.2. The summed E-state index contributed by atoms with van der Waals surface area (Å²) >= 11 is 0. The summed E-state index contributed by atoms with van der Waals surface area (Å²) in [6.45, 7) is 8.82. The zero-order valence-corrected chi connectivity index (χ0v) is 23.2. The average Bonchev–Trinajstić information content (AvgIpc) is 2.83. The number of benzene rings is 1. The van der Waals surface area contributed by atoms with E-state index < -0.39 is 15.6 Å². The molecule has 0 saturated carbocycles. The third kappa shape index (κ3) is 6.38. The molecule has 2 aromatic heterocycles. The Bertz CT molecular complexity index is 1450. The smallest absolute Gasteiger partial charge is 0.241 e. The van der Waals surface area contributed by atoms with Gasteiger partial charge in [-0.1, -0.05) is 6.07 Å². The monoisotopic (exact) mass is 536 g/mol. The van der Waals surface area contributed by atoms with E-state index in [1.807, 2.05) is 13.0 Å². The molecule has 0 radical (unpaired) electrons. The zero-order chi connectivity index (χ0) is 27.7. The van der Waals surface area contributed by atoms with Gasteiger partial charge in [-0.15, -0.1) is 0 Å². The summed E-state index contributed by atoms with van der Waals surface area (Å²) < 4.78 is 28.5. The number of nitrogen functional groups attached to an aromatic ring is 1. The van der Waals surface area contributed by atoms with E-state index in [0.29, 0.717) is 11.3 Å². The third-order valence-corrected chi connectivity index (χ3v) is 8.21. The van der Waals surface area contributed by atoms with Gasteiger partial charge < -0.3 is 16.4 Å². The predicted octanol–water partition coefficient (Wildman–Crippen LogP) is 3.46. The summed E-state index contributed by atoms with van der Waals surface area (Å²) in [5.74, 6) is -0.240. The number of nitrogens with two attached hydrogens (primary N) is 2. The molecule has 4 rings (SSSR count). The van der Waals surface area contributed by atoms with Crippen LogP contribution in [0.4, 0.5) is 11.4 Å². The number of hydrogen-bond donors (Lipinski definition) is 3. The van der Waals surface area contributed by atoms with Crippen molar-refractivity contribution in [2.24, 2.45) is 5.73 Å². The lowest BCUT2D eigenvalue weighted by Gasteiger charge is -2.33. The largest absolute Gasteiger partial charge is 0.397 e. The molecule has 0 spiro atoms. The molecule has 202 valence electrons. The molecule has 1 fully saturated rings. The first-order valence-electron chi connectivity index (χ1n) is 12.7. The highest BCUT2D eigenvalue weighted by Crippen LogP contribution is 2.29. The molecule has 1 aliphatic heterocycles. The van der Waals surface area contributed by atoms with Gasteiger partial charge in [0.2, 0.25) is 10.0 Å². The number of sulfonamides is 1. The van der Waals surface area contributed by atoms with Crippen LogP contribution in [0, 0.1) is 6.92 Å². The van der Waals surface area contributed by atoms with Crippen molar-refractivity contribution in [3.63, 3.8) is 0 Å². The third-order valence-electron chi connectivity index (χ3n) is 6.45. The van der Waals surface area contributed by atoms with Gasteiger partial charge in [0.05, 0.1) is 16.3 Å². The molecule has 3 heterocycles. The number of nitrogens with zero attached hydrogens (tertiary/aromatic N) is 3. The van der Waals surface area contributed by atoms with Crippen molar-refractivity contribution >= 4 is 27.2 Å². The average molecular weight is 537 g/mol. The minimum absolute atomic E-state index is 0.0818. The quantitative estimate of drug-likeness (QED) is 0.389. The van der Waals surface area contributed by atoms with E-state index in [2.05, 4.69) is 19.6 Å². The maximum absolute atomic E-state index is 13.5. The van der Waals surface area contributed by atoms with Crippen molar-refractivity contribution in [2.75, 3.05) is 23.7 Å². The summed E-state index contributed by atoms with van der Waals surface area (Å²) in [6, 6.07) is 10.2. The van der Waals surface area contributed by atoms with Crippen LogP contribution in [0.5, 0.6) is 0 Å². The first-order chi connectivity index (χ1) is 17.8. The molecule has 38 heavy (non-hydrogen) atoms. The van der Waals surface area contributed by atoms with Crippen LogP contribution in [0.15, 0.2) is 53.7 Å². The molecule has 5 N–H and O–H groups in total. The second kappa shape index (κ2) is 10.8. The van der Waals surface area contributed by atoms with Crippen molar-refractivity contribution in [1.82, 2.24) is 14.7 Å². The van der Waals surface area contributed by atoms with Crippen LogP contribution in [0.3, 0.4) is 0 Å². The van der Waals surface area contributed by atoms with Gasteiger partial charge in [-0.25, -0.2) is 18.1 Å². The van der Waals surface area contributed by atoms with Gasteiger partial charge >= 0.3 is 0 Å². The summed E-state index contributed by atoms with van der Waals surface area (Å²) in [7, 11) is -3.75. The second-order valence-corrected chi connectivity index (χ2v) is 12.6. The predicted molar refractivity (Wildman–Crippen MR) is 151 cm³/mol. The van der Waals surface area contributed by atoms with Gasteiger partial charge in [0, 0.05) is 60.3 Å². The molecule has 9 nitrogen and oxygen atoms in total. The van der Waals surface area contributed by atoms with Crippen LogP contribution >= 0.6 is 0 Å². The fourth-order valence-corrected chi connectivity index (χ4v) is 6.14. The number of carbonyl (C=O) groups is 1. The maximum atomic E-state index is 13.5. The summed E-state index contributed by atoms with van der Waals surface area (Å²) in [6.07, 6.45) is 5.48. The van der Waals surface area contributed by atoms with Gasteiger partial charge in [-0.05, 0) is 76.4 Å². The SMILES string of the molecule is Cc1ccc(S(=O)(=O)NC(C)(C)C)cc1-c1ccc(N)c(C(=O)Cc2cnccc2N2CCC[C@H](N)C2)n1. The topological polar surface area (TPSA) is 144 Å². The first kappa shape index (κ1) is 27.7. The van der Waals surface area contributed by atoms with Gasteiger partial charge in [0.1, 0.15) is 5.69 Å². The Morgan fingerprint density at radius 1 is 1.18 bits per heavy atom. The Morgan fingerprint density at radius 3 is 2.66 bits per heavy atom. The van der Waals surface area contributed by atoms with E-state index in [9.17, 15) is 13.2 Å². The number of Topliss-reactive ketones (excluding diaryl/α,β-unsaturated/α-hetero) is 1. The van der Waals surface area contributed by atoms with E-state index >= 15 is 0 Å². The summed E-state index contributed by atoms with van der Waals surface area (Å²) in [5.41, 5.74) is 15.8. The fraction of sp³-hybridized carbons (Fsp3) is 0.393. The molecule has 0 bridgehead atoms. The lowest BCUT2D eigenvalue weighted by Crippen LogP contribution is -2.43. The molecule has 1 aromatic carbocycles. The van der Waals surface area contributed by atoms with E-state index in [0.717, 1.165) is 42.7 Å². The van der Waals surface area contributed by atoms with E-state index in [-0.39, 0.29) is 34.5 Å². The van der Waals surface area contributed by atoms with Crippen LogP contribution in [-0.4, -0.2) is 48.8 Å². The van der Waals surface area contributed by atoms with Crippen molar-refractivity contribution in [3.05, 3.63) is 65.6 Å². The molecule has 1 aliphatic rings. The Kier molecular flexibility index (Phi) is 7.87. The van der Waals surface area contributed by atoms with E-state index in [1.54, 1.807) is 63.5 Å². The van der Waals surface area contributed by atoms with E-state index in [1.165, 1.54) is 0 Å². The molecule has 0 unspecified atom stereocenters. The van der Waals surface area contributed by atoms with Gasteiger partial charge in [-0.2, -0.15) is 0 Å². The molecule has 1 atom stereocenters. The van der Waals surface area contributed by atoms with Crippen molar-refractivity contribution in [1.29, 1.82) is 0 Å². The van der Waals surface area contributed by atoms with Crippen LogP contribution in [0.2, 0.25) is 0 Å². The summed E-state index contributed by atoms with van der Waals surface area (Å²) in [5, 5.41) is 0. The minimum atomic E-state index is -3.75. The minimum Gasteiger partial charge on any atom is -0.397 e. The normalized spacial score (nSPS) is 16.4. The number of ketones is 1. The number of piperidine rings is 1. The van der Waals surface area contributed by atoms with Gasteiger partial charge in [0.15, 0.2) is 5.78 Å². The Labute approximate surface area is 224 Å². The molecular weight excluding hydrogens is 500 g/mol. The number of rotatable bonds is 7. The number of nitrogens with one attached hydrogen (secondary N) is 1. The molecule has 3 aromatic rings. The standard InChI is InChI=1S/C28H36N6O3S/c1-18-7-8-21(38(36,37)33-28(2,3)4)15-22(18)24-10-9-23(30)27(32-24)26(35)14-19-16-31-12-11-25(19)34-13-5-6-20(29)17-34/h7-12,15-16,20,33H,5-6,13-14,17,29-30H2,1-4H3/t20-/m0/s1. The van der Waals surface area contributed by atoms with Crippen LogP contribution in [-0.2, 0) is 16.4 Å². The molecule has 0 amide bonds. The Balaban J connectivity index is 1.65. The Morgan fingerprint density at radius 2 is 1.95 bits per heavy atom. The number of anilines is 2. The lowest BCUT2D eigenvalue weighted by molar-refractivity contribution is 0.0989. The number of aryl methyl sites for hydroxylation is 1. The zero-order valence-electron chi connectivity index (χ0n) is 22.4. The highest BCUT2D eigenvalue weighted by Gasteiger charge is 2.24. The maximum Gasteiger partial charge on any atom is 0.241 e. The van der Waals surface area contributed by atoms with Crippen molar-refractivity contribution in [3.8, 4) is 11.3 Å². The van der Waals surface area contributed by atoms with Crippen molar-refractivity contribution < 1.29 is 13.2 Å². The number of pyridine rings is 2. The highest BCUT2D eigenvalue weighted by atomic mass is 32.2.